The van der Waals surface area contributed by atoms with Crippen molar-refractivity contribution in [1.29, 1.82) is 0 Å². The third-order valence-electron chi connectivity index (χ3n) is 3.28. The maximum atomic E-state index is 12.9. The van der Waals surface area contributed by atoms with Gasteiger partial charge in [-0.15, -0.1) is 0 Å². The first-order valence-electron chi connectivity index (χ1n) is 6.03. The number of hydrogen-bond donors (Lipinski definition) is 0. The molecule has 1 amide bonds. The highest BCUT2D eigenvalue weighted by atomic mass is 19.4. The van der Waals surface area contributed by atoms with Crippen LogP contribution in [0.2, 0.25) is 0 Å². The van der Waals surface area contributed by atoms with Crippen molar-refractivity contribution in [3.63, 3.8) is 0 Å². The summed E-state index contributed by atoms with van der Waals surface area (Å²) in [5, 5.41) is 4.98. The molecule has 6 heteroatoms. The van der Waals surface area contributed by atoms with Gasteiger partial charge in [-0.25, -0.2) is 0 Å². The fraction of sp³-hybridized carbons (Fsp3) is 0.385. The van der Waals surface area contributed by atoms with Gasteiger partial charge in [-0.2, -0.15) is 23.3 Å². The van der Waals surface area contributed by atoms with E-state index in [1.165, 1.54) is 18.2 Å². The van der Waals surface area contributed by atoms with Gasteiger partial charge in [-0.1, -0.05) is 12.1 Å². The highest BCUT2D eigenvalue weighted by Crippen LogP contribution is 2.40. The number of rotatable bonds is 2. The van der Waals surface area contributed by atoms with Crippen molar-refractivity contribution in [2.75, 3.05) is 5.01 Å². The molecule has 1 fully saturated rings. The molecule has 0 N–H and O–H groups in total. The summed E-state index contributed by atoms with van der Waals surface area (Å²) >= 11 is 0. The van der Waals surface area contributed by atoms with E-state index in [2.05, 4.69) is 5.10 Å². The smallest absolute Gasteiger partial charge is 0.272 e. The Hall–Kier alpha value is -1.85. The molecule has 19 heavy (non-hydrogen) atoms. The second-order valence-electron chi connectivity index (χ2n) is 4.76. The quantitative estimate of drug-likeness (QED) is 0.810. The zero-order chi connectivity index (χ0) is 13.6. The summed E-state index contributed by atoms with van der Waals surface area (Å²) in [6.45, 7) is 0. The maximum Gasteiger partial charge on any atom is 0.418 e. The van der Waals surface area contributed by atoms with Gasteiger partial charge in [0.15, 0.2) is 0 Å². The highest BCUT2D eigenvalue weighted by Gasteiger charge is 2.40. The number of halogens is 3. The second-order valence-corrected chi connectivity index (χ2v) is 4.76. The van der Waals surface area contributed by atoms with Crippen molar-refractivity contribution in [3.8, 4) is 0 Å². The van der Waals surface area contributed by atoms with Crippen molar-refractivity contribution in [2.24, 2.45) is 11.0 Å². The molecule has 0 atom stereocenters. The average molecular weight is 268 g/mol. The van der Waals surface area contributed by atoms with Crippen LogP contribution in [0.25, 0.3) is 0 Å². The van der Waals surface area contributed by atoms with Crippen LogP contribution in [0, 0.1) is 5.92 Å². The summed E-state index contributed by atoms with van der Waals surface area (Å²) in [5.74, 6) is -0.106. The van der Waals surface area contributed by atoms with E-state index in [1.807, 2.05) is 0 Å². The first-order chi connectivity index (χ1) is 8.97. The van der Waals surface area contributed by atoms with Crippen molar-refractivity contribution < 1.29 is 18.0 Å². The Labute approximate surface area is 107 Å². The van der Waals surface area contributed by atoms with Crippen LogP contribution in [0.5, 0.6) is 0 Å². The SMILES string of the molecule is O=C1CC(C2CC2)=NN1c1ccccc1C(F)(F)F. The molecule has 1 aromatic rings. The van der Waals surface area contributed by atoms with Crippen LogP contribution >= 0.6 is 0 Å². The molecule has 1 aliphatic heterocycles. The average Bonchev–Trinajstić information content (AvgIpc) is 3.12. The maximum absolute atomic E-state index is 12.9. The number of hydrazone groups is 1. The largest absolute Gasteiger partial charge is 0.418 e. The predicted molar refractivity (Wildman–Crippen MR) is 63.7 cm³/mol. The molecule has 0 unspecified atom stereocenters. The summed E-state index contributed by atoms with van der Waals surface area (Å²) in [6, 6.07) is 5.02. The molecule has 2 aliphatic rings. The topological polar surface area (TPSA) is 32.7 Å². The number of carbonyl (C=O) groups is 1. The van der Waals surface area contributed by atoms with E-state index in [0.717, 1.165) is 23.9 Å². The van der Waals surface area contributed by atoms with Crippen molar-refractivity contribution in [2.45, 2.75) is 25.4 Å². The number of anilines is 1. The molecule has 1 saturated carbocycles. The van der Waals surface area contributed by atoms with Gasteiger partial charge in [-0.05, 0) is 30.9 Å². The van der Waals surface area contributed by atoms with Crippen LogP contribution in [-0.4, -0.2) is 11.6 Å². The number of hydrogen-bond acceptors (Lipinski definition) is 2. The Kier molecular flexibility index (Phi) is 2.62. The molecule has 3 rings (SSSR count). The summed E-state index contributed by atoms with van der Waals surface area (Å²) in [4.78, 5) is 11.8. The molecule has 0 aromatic heterocycles. The van der Waals surface area contributed by atoms with Crippen LogP contribution in [0.1, 0.15) is 24.8 Å². The minimum absolute atomic E-state index is 0.136. The molecular weight excluding hydrogens is 257 g/mol. The third kappa shape index (κ3) is 2.22. The minimum atomic E-state index is -4.49. The minimum Gasteiger partial charge on any atom is -0.272 e. The van der Waals surface area contributed by atoms with E-state index in [-0.39, 0.29) is 18.0 Å². The number of nitrogens with zero attached hydrogens (tertiary/aromatic N) is 2. The summed E-state index contributed by atoms with van der Waals surface area (Å²) in [5.41, 5.74) is -0.304. The highest BCUT2D eigenvalue weighted by molar-refractivity contribution is 6.14. The van der Waals surface area contributed by atoms with Gasteiger partial charge in [0.2, 0.25) is 0 Å². The van der Waals surface area contributed by atoms with Crippen LogP contribution in [0.4, 0.5) is 18.9 Å². The third-order valence-corrected chi connectivity index (χ3v) is 3.28. The summed E-state index contributed by atoms with van der Waals surface area (Å²) in [7, 11) is 0. The van der Waals surface area contributed by atoms with Crippen molar-refractivity contribution in [3.05, 3.63) is 29.8 Å². The molecule has 1 heterocycles. The van der Waals surface area contributed by atoms with Gasteiger partial charge in [-0.3, -0.25) is 4.79 Å². The second kappa shape index (κ2) is 4.08. The van der Waals surface area contributed by atoms with E-state index in [4.69, 9.17) is 0 Å². The zero-order valence-corrected chi connectivity index (χ0v) is 9.94. The normalized spacial score (nSPS) is 19.8. The lowest BCUT2D eigenvalue weighted by atomic mass is 10.1. The van der Waals surface area contributed by atoms with Gasteiger partial charge in [0.1, 0.15) is 0 Å². The molecule has 100 valence electrons. The first kappa shape index (κ1) is 12.2. The first-order valence-corrected chi connectivity index (χ1v) is 6.03. The number of alkyl halides is 3. The molecule has 3 nitrogen and oxygen atoms in total. The Morgan fingerprint density at radius 3 is 2.53 bits per heavy atom. The Balaban J connectivity index is 2.00. The summed E-state index contributed by atoms with van der Waals surface area (Å²) in [6.07, 6.45) is -2.41. The molecule has 1 aliphatic carbocycles. The van der Waals surface area contributed by atoms with E-state index in [0.29, 0.717) is 5.71 Å². The monoisotopic (exact) mass is 268 g/mol. The molecular formula is C13H11F3N2O. The molecule has 1 aromatic carbocycles. The fourth-order valence-corrected chi connectivity index (χ4v) is 2.18. The van der Waals surface area contributed by atoms with Crippen molar-refractivity contribution in [1.82, 2.24) is 0 Å². The van der Waals surface area contributed by atoms with Crippen LogP contribution in [0.3, 0.4) is 0 Å². The Morgan fingerprint density at radius 1 is 1.21 bits per heavy atom. The number of para-hydroxylation sites is 1. The van der Waals surface area contributed by atoms with E-state index in [1.54, 1.807) is 0 Å². The van der Waals surface area contributed by atoms with Gasteiger partial charge in [0.05, 0.1) is 23.4 Å². The Bertz CT molecular complexity index is 561. The number of benzene rings is 1. The van der Waals surface area contributed by atoms with Crippen LogP contribution in [0.15, 0.2) is 29.4 Å². The lowest BCUT2D eigenvalue weighted by molar-refractivity contribution is -0.137. The van der Waals surface area contributed by atoms with Crippen LogP contribution in [-0.2, 0) is 11.0 Å². The number of carbonyl (C=O) groups excluding carboxylic acids is 1. The Morgan fingerprint density at radius 2 is 1.89 bits per heavy atom. The molecule has 0 bridgehead atoms. The molecule has 0 spiro atoms. The van der Waals surface area contributed by atoms with E-state index < -0.39 is 17.6 Å². The molecule has 0 saturated heterocycles. The van der Waals surface area contributed by atoms with Gasteiger partial charge < -0.3 is 0 Å². The van der Waals surface area contributed by atoms with Gasteiger partial charge >= 0.3 is 6.18 Å². The van der Waals surface area contributed by atoms with Crippen molar-refractivity contribution >= 4 is 17.3 Å². The lowest BCUT2D eigenvalue weighted by Crippen LogP contribution is -2.23. The van der Waals surface area contributed by atoms with E-state index >= 15 is 0 Å². The fourth-order valence-electron chi connectivity index (χ4n) is 2.18. The standard InChI is InChI=1S/C13H11F3N2O/c14-13(15,16)9-3-1-2-4-11(9)18-12(19)7-10(17-18)8-5-6-8/h1-4,8H,5-7H2. The van der Waals surface area contributed by atoms with Gasteiger partial charge in [0, 0.05) is 0 Å². The lowest BCUT2D eigenvalue weighted by Gasteiger charge is -2.17. The molecule has 0 radical (unpaired) electrons. The number of amides is 1. The zero-order valence-electron chi connectivity index (χ0n) is 9.94. The summed E-state index contributed by atoms with van der Waals surface area (Å²) < 4.78 is 38.7. The predicted octanol–water partition coefficient (Wildman–Crippen LogP) is 3.21. The van der Waals surface area contributed by atoms with Gasteiger partial charge in [0.25, 0.3) is 5.91 Å². The van der Waals surface area contributed by atoms with Crippen LogP contribution < -0.4 is 5.01 Å². The van der Waals surface area contributed by atoms with E-state index in [9.17, 15) is 18.0 Å².